The van der Waals surface area contributed by atoms with Gasteiger partial charge in [0.25, 0.3) is 0 Å². The maximum absolute atomic E-state index is 5.79. The van der Waals surface area contributed by atoms with Crippen molar-refractivity contribution < 1.29 is 4.52 Å². The molecule has 2 nitrogen and oxygen atoms in total. The minimum atomic E-state index is 0.298. The van der Waals surface area contributed by atoms with Crippen LogP contribution in [0.4, 0.5) is 0 Å². The summed E-state index contributed by atoms with van der Waals surface area (Å²) in [5.41, 5.74) is 0.784. The predicted molar refractivity (Wildman–Crippen MR) is 40.1 cm³/mol. The summed E-state index contributed by atoms with van der Waals surface area (Å²) in [6, 6.07) is 0. The van der Waals surface area contributed by atoms with E-state index < -0.39 is 0 Å². The Morgan fingerprint density at radius 2 is 2.20 bits per heavy atom. The third kappa shape index (κ3) is 1.16. The second-order valence-corrected chi connectivity index (χ2v) is 2.84. The van der Waals surface area contributed by atoms with Crippen LogP contribution in [0.15, 0.2) is 4.52 Å². The summed E-state index contributed by atoms with van der Waals surface area (Å²) < 4.78 is 4.76. The lowest BCUT2D eigenvalue weighted by Gasteiger charge is -1.96. The fraction of sp³-hybridized carbons (Fsp3) is 0.429. The van der Waals surface area contributed by atoms with E-state index in [1.54, 1.807) is 0 Å². The molecule has 10 heavy (non-hydrogen) atoms. The van der Waals surface area contributed by atoms with Crippen molar-refractivity contribution in [2.45, 2.75) is 19.8 Å². The molecular formula is C7H9ClNO. The molecule has 0 saturated carbocycles. The van der Waals surface area contributed by atoms with Gasteiger partial charge in [-0.15, -0.1) is 0 Å². The molecule has 1 rings (SSSR count). The summed E-state index contributed by atoms with van der Waals surface area (Å²) in [7, 11) is 0. The first-order valence-corrected chi connectivity index (χ1v) is 3.47. The Labute approximate surface area is 65.2 Å². The molecule has 1 heterocycles. The Morgan fingerprint density at radius 1 is 1.60 bits per heavy atom. The van der Waals surface area contributed by atoms with Crippen molar-refractivity contribution in [3.05, 3.63) is 23.4 Å². The molecule has 1 aromatic heterocycles. The van der Waals surface area contributed by atoms with E-state index >= 15 is 0 Å². The molecule has 3 heteroatoms. The van der Waals surface area contributed by atoms with Crippen molar-refractivity contribution in [1.82, 2.24) is 5.16 Å². The van der Waals surface area contributed by atoms with Crippen molar-refractivity contribution in [1.29, 1.82) is 0 Å². The lowest BCUT2D eigenvalue weighted by atomic mass is 10.1. The highest BCUT2D eigenvalue weighted by Gasteiger charge is 2.12. The summed E-state index contributed by atoms with van der Waals surface area (Å²) in [4.78, 5) is 0. The van der Waals surface area contributed by atoms with Gasteiger partial charge in [0.05, 0.1) is 0 Å². The van der Waals surface area contributed by atoms with Crippen molar-refractivity contribution in [2.75, 3.05) is 0 Å². The highest BCUT2D eigenvalue weighted by Crippen LogP contribution is 2.25. The average Bonchev–Trinajstić information content (AvgIpc) is 2.14. The van der Waals surface area contributed by atoms with Gasteiger partial charge < -0.3 is 4.52 Å². The van der Waals surface area contributed by atoms with E-state index in [1.807, 2.05) is 13.8 Å². The smallest absolute Gasteiger partial charge is 0.156 e. The van der Waals surface area contributed by atoms with E-state index in [-0.39, 0.29) is 0 Å². The molecule has 1 radical (unpaired) electrons. The number of aromatic nitrogens is 1. The van der Waals surface area contributed by atoms with Gasteiger partial charge in [0.1, 0.15) is 10.7 Å². The Morgan fingerprint density at radius 3 is 2.40 bits per heavy atom. The molecule has 0 amide bonds. The molecule has 0 atom stereocenters. The van der Waals surface area contributed by atoms with E-state index in [2.05, 4.69) is 12.1 Å². The molecule has 0 fully saturated rings. The number of halogens is 1. The first kappa shape index (κ1) is 7.61. The van der Waals surface area contributed by atoms with E-state index in [1.165, 1.54) is 0 Å². The van der Waals surface area contributed by atoms with Gasteiger partial charge in [0, 0.05) is 12.8 Å². The maximum Gasteiger partial charge on any atom is 0.156 e. The first-order valence-electron chi connectivity index (χ1n) is 3.10. The van der Waals surface area contributed by atoms with Crippen LogP contribution in [0.2, 0.25) is 5.02 Å². The molecule has 0 aromatic carbocycles. The third-order valence-electron chi connectivity index (χ3n) is 1.27. The first-order chi connectivity index (χ1) is 4.63. The largest absolute Gasteiger partial charge is 0.359 e. The predicted octanol–water partition coefficient (Wildman–Crippen LogP) is 2.63. The van der Waals surface area contributed by atoms with Crippen LogP contribution in [0.25, 0.3) is 0 Å². The molecule has 0 unspecified atom stereocenters. The normalized spacial score (nSPS) is 10.9. The second-order valence-electron chi connectivity index (χ2n) is 2.46. The van der Waals surface area contributed by atoms with Crippen LogP contribution >= 0.6 is 11.6 Å². The molecular weight excluding hydrogens is 150 g/mol. The van der Waals surface area contributed by atoms with Gasteiger partial charge in [-0.05, 0) is 0 Å². The molecule has 0 bridgehead atoms. The van der Waals surface area contributed by atoms with E-state index in [0.717, 1.165) is 5.69 Å². The average molecular weight is 159 g/mol. The highest BCUT2D eigenvalue weighted by atomic mass is 35.5. The van der Waals surface area contributed by atoms with Crippen molar-refractivity contribution >= 4 is 11.6 Å². The van der Waals surface area contributed by atoms with Gasteiger partial charge in [-0.25, -0.2) is 0 Å². The number of hydrogen-bond donors (Lipinski definition) is 0. The van der Waals surface area contributed by atoms with Crippen LogP contribution < -0.4 is 0 Å². The van der Waals surface area contributed by atoms with Crippen molar-refractivity contribution in [3.8, 4) is 0 Å². The van der Waals surface area contributed by atoms with Gasteiger partial charge in [-0.3, -0.25) is 0 Å². The standard InChI is InChI=1S/C7H9ClNO/c1-4(2)7-6(8)5(3)10-9-7/h4H,3H2,1-2H3. The summed E-state index contributed by atoms with van der Waals surface area (Å²) in [5.74, 6) is 0.747. The van der Waals surface area contributed by atoms with Crippen LogP contribution in [0, 0.1) is 6.92 Å². The highest BCUT2D eigenvalue weighted by molar-refractivity contribution is 6.31. The number of rotatable bonds is 1. The molecule has 55 valence electrons. The van der Waals surface area contributed by atoms with Crippen LogP contribution in [0.5, 0.6) is 0 Å². The summed E-state index contributed by atoms with van der Waals surface area (Å²) in [6.45, 7) is 7.57. The zero-order chi connectivity index (χ0) is 7.72. The zero-order valence-electron chi connectivity index (χ0n) is 6.02. The quantitative estimate of drug-likeness (QED) is 0.628. The van der Waals surface area contributed by atoms with E-state index in [0.29, 0.717) is 16.7 Å². The molecule has 0 spiro atoms. The Balaban J connectivity index is 3.05. The summed E-state index contributed by atoms with van der Waals surface area (Å²) in [5, 5.41) is 4.30. The third-order valence-corrected chi connectivity index (χ3v) is 1.68. The summed E-state index contributed by atoms with van der Waals surface area (Å²) >= 11 is 5.79. The Hall–Kier alpha value is -0.500. The van der Waals surface area contributed by atoms with Gasteiger partial charge in [0.15, 0.2) is 5.76 Å². The van der Waals surface area contributed by atoms with Crippen molar-refractivity contribution in [2.24, 2.45) is 0 Å². The van der Waals surface area contributed by atoms with E-state index in [9.17, 15) is 0 Å². The lowest BCUT2D eigenvalue weighted by molar-refractivity contribution is 0.397. The summed E-state index contributed by atoms with van der Waals surface area (Å²) in [6.07, 6.45) is 0. The maximum atomic E-state index is 5.79. The molecule has 0 aliphatic rings. The molecule has 0 aliphatic heterocycles. The van der Waals surface area contributed by atoms with E-state index in [4.69, 9.17) is 16.1 Å². The van der Waals surface area contributed by atoms with Gasteiger partial charge >= 0.3 is 0 Å². The molecule has 1 aromatic rings. The Kier molecular flexibility index (Phi) is 2.00. The fourth-order valence-electron chi connectivity index (χ4n) is 0.686. The lowest BCUT2D eigenvalue weighted by Crippen LogP contribution is -1.86. The topological polar surface area (TPSA) is 26.0 Å². The van der Waals surface area contributed by atoms with Crippen molar-refractivity contribution in [3.63, 3.8) is 0 Å². The van der Waals surface area contributed by atoms with Gasteiger partial charge in [0.2, 0.25) is 0 Å². The monoisotopic (exact) mass is 158 g/mol. The Bertz CT molecular complexity index is 230. The second kappa shape index (κ2) is 2.62. The van der Waals surface area contributed by atoms with Crippen LogP contribution in [-0.4, -0.2) is 5.16 Å². The SMILES string of the molecule is [CH2]c1onc(C(C)C)c1Cl. The van der Waals surface area contributed by atoms with Gasteiger partial charge in [-0.2, -0.15) is 0 Å². The van der Waals surface area contributed by atoms with Crippen LogP contribution in [0.3, 0.4) is 0 Å². The minimum absolute atomic E-state index is 0.298. The zero-order valence-corrected chi connectivity index (χ0v) is 6.77. The molecule has 0 aliphatic carbocycles. The number of nitrogens with zero attached hydrogens (tertiary/aromatic N) is 1. The molecule has 0 saturated heterocycles. The van der Waals surface area contributed by atoms with Gasteiger partial charge in [-0.1, -0.05) is 30.6 Å². The fourth-order valence-corrected chi connectivity index (χ4v) is 0.973. The van der Waals surface area contributed by atoms with Crippen LogP contribution in [0.1, 0.15) is 31.2 Å². The minimum Gasteiger partial charge on any atom is -0.359 e. The number of hydrogen-bond acceptors (Lipinski definition) is 2. The molecule has 0 N–H and O–H groups in total. The van der Waals surface area contributed by atoms with Crippen LogP contribution in [-0.2, 0) is 0 Å².